The molecule has 6 nitrogen and oxygen atoms in total. The molecule has 0 bridgehead atoms. The number of morpholine rings is 1. The van der Waals surface area contributed by atoms with Gasteiger partial charge in [-0.1, -0.05) is 6.07 Å². The van der Waals surface area contributed by atoms with E-state index in [0.717, 1.165) is 30.0 Å². The number of pyridine rings is 1. The Bertz CT molecular complexity index is 864. The van der Waals surface area contributed by atoms with Crippen molar-refractivity contribution in [3.05, 3.63) is 39.7 Å². The lowest BCUT2D eigenvalue weighted by Crippen LogP contribution is -2.37. The van der Waals surface area contributed by atoms with Gasteiger partial charge in [-0.2, -0.15) is 0 Å². The van der Waals surface area contributed by atoms with Crippen LogP contribution in [0.3, 0.4) is 0 Å². The van der Waals surface area contributed by atoms with Gasteiger partial charge in [0.05, 0.1) is 30.8 Å². The smallest absolute Gasteiger partial charge is 0.308 e. The number of carboxylic acid groups (broad SMARTS) is 1. The highest BCUT2D eigenvalue weighted by molar-refractivity contribution is 5.92. The molecule has 0 atom stereocenters. The number of carbonyl (C=O) groups is 1. The van der Waals surface area contributed by atoms with Gasteiger partial charge in [0.25, 0.3) is 0 Å². The number of fused-ring (bicyclic) bond motifs is 1. The van der Waals surface area contributed by atoms with Crippen LogP contribution in [0.1, 0.15) is 31.1 Å². The van der Waals surface area contributed by atoms with Gasteiger partial charge in [-0.15, -0.1) is 0 Å². The van der Waals surface area contributed by atoms with Crippen LogP contribution in [0.15, 0.2) is 23.0 Å². The molecule has 2 aromatic rings. The molecule has 1 aliphatic heterocycles. The summed E-state index contributed by atoms with van der Waals surface area (Å²) in [5, 5.41) is 9.79. The predicted molar refractivity (Wildman–Crippen MR) is 97.7 cm³/mol. The number of aliphatic carboxylic acids is 1. The third kappa shape index (κ3) is 3.14. The summed E-state index contributed by atoms with van der Waals surface area (Å²) in [7, 11) is 0. The number of ether oxygens (including phenoxy) is 1. The van der Waals surface area contributed by atoms with E-state index in [2.05, 4.69) is 23.3 Å². The second-order valence-electron chi connectivity index (χ2n) is 6.70. The van der Waals surface area contributed by atoms with Gasteiger partial charge in [0.2, 0.25) is 0 Å². The Hall–Kier alpha value is -2.34. The van der Waals surface area contributed by atoms with E-state index in [1.807, 2.05) is 19.1 Å². The first-order valence-electron chi connectivity index (χ1n) is 8.63. The van der Waals surface area contributed by atoms with Crippen LogP contribution in [0.5, 0.6) is 0 Å². The maximum absolute atomic E-state index is 13.0. The fraction of sp³-hybridized carbons (Fsp3) is 0.474. The normalized spacial score (nSPS) is 15.1. The van der Waals surface area contributed by atoms with Gasteiger partial charge in [-0.25, -0.2) is 0 Å². The van der Waals surface area contributed by atoms with Crippen molar-refractivity contribution in [3.63, 3.8) is 0 Å². The van der Waals surface area contributed by atoms with Crippen molar-refractivity contribution in [1.29, 1.82) is 0 Å². The molecular formula is C19H24N2O4. The zero-order chi connectivity index (χ0) is 18.1. The molecule has 0 amide bonds. The highest BCUT2D eigenvalue weighted by atomic mass is 16.5. The summed E-state index contributed by atoms with van der Waals surface area (Å²) < 4.78 is 7.54. The Morgan fingerprint density at radius 2 is 1.96 bits per heavy atom. The molecule has 134 valence electrons. The van der Waals surface area contributed by atoms with Gasteiger partial charge in [-0.3, -0.25) is 9.59 Å². The van der Waals surface area contributed by atoms with E-state index < -0.39 is 5.97 Å². The fourth-order valence-electron chi connectivity index (χ4n) is 3.67. The van der Waals surface area contributed by atoms with Crippen molar-refractivity contribution in [1.82, 2.24) is 4.57 Å². The number of rotatable bonds is 4. The second-order valence-corrected chi connectivity index (χ2v) is 6.70. The van der Waals surface area contributed by atoms with E-state index in [1.54, 1.807) is 6.07 Å². The van der Waals surface area contributed by atoms with Crippen LogP contribution in [-0.2, 0) is 16.0 Å². The quantitative estimate of drug-likeness (QED) is 0.922. The van der Waals surface area contributed by atoms with E-state index in [1.165, 1.54) is 0 Å². The summed E-state index contributed by atoms with van der Waals surface area (Å²) in [6.07, 6.45) is -0.255. The maximum atomic E-state index is 13.0. The standard InChI is InChI=1S/C19H24N2O4/c1-12(2)21-13(3)15(11-17(22)23)19(24)14-5-4-6-16(18(14)21)20-7-9-25-10-8-20/h4-6,12H,7-11H2,1-3H3,(H,22,23). The van der Waals surface area contributed by atoms with Gasteiger partial charge in [0.1, 0.15) is 0 Å². The van der Waals surface area contributed by atoms with Crippen LogP contribution in [-0.4, -0.2) is 41.9 Å². The molecule has 0 radical (unpaired) electrons. The van der Waals surface area contributed by atoms with Crippen LogP contribution in [0.4, 0.5) is 5.69 Å². The molecular weight excluding hydrogens is 320 g/mol. The number of hydrogen-bond donors (Lipinski definition) is 1. The molecule has 1 aromatic heterocycles. The Kier molecular flexibility index (Phi) is 4.81. The summed E-state index contributed by atoms with van der Waals surface area (Å²) in [4.78, 5) is 26.4. The molecule has 0 saturated carbocycles. The number of hydrogen-bond acceptors (Lipinski definition) is 4. The summed E-state index contributed by atoms with van der Waals surface area (Å²) in [6.45, 7) is 8.84. The number of para-hydroxylation sites is 1. The van der Waals surface area contributed by atoms with Crippen LogP contribution >= 0.6 is 0 Å². The summed E-state index contributed by atoms with van der Waals surface area (Å²) >= 11 is 0. The van der Waals surface area contributed by atoms with Gasteiger partial charge in [0.15, 0.2) is 5.43 Å². The van der Waals surface area contributed by atoms with E-state index in [9.17, 15) is 14.7 Å². The summed E-state index contributed by atoms with van der Waals surface area (Å²) in [5.41, 5.74) is 2.82. The SMILES string of the molecule is Cc1c(CC(=O)O)c(=O)c2cccc(N3CCOCC3)c2n1C(C)C. The monoisotopic (exact) mass is 344 g/mol. The van der Waals surface area contributed by atoms with E-state index in [4.69, 9.17) is 4.74 Å². The zero-order valence-corrected chi connectivity index (χ0v) is 14.9. The third-order valence-corrected chi connectivity index (χ3v) is 4.77. The van der Waals surface area contributed by atoms with Crippen LogP contribution in [0.25, 0.3) is 10.9 Å². The van der Waals surface area contributed by atoms with E-state index in [-0.39, 0.29) is 17.9 Å². The second kappa shape index (κ2) is 6.88. The molecule has 1 aromatic carbocycles. The minimum Gasteiger partial charge on any atom is -0.481 e. The molecule has 1 saturated heterocycles. The van der Waals surface area contributed by atoms with Gasteiger partial charge >= 0.3 is 5.97 Å². The Balaban J connectivity index is 2.34. The third-order valence-electron chi connectivity index (χ3n) is 4.77. The van der Waals surface area contributed by atoms with Crippen molar-refractivity contribution in [3.8, 4) is 0 Å². The number of aromatic nitrogens is 1. The first kappa shape index (κ1) is 17.5. The van der Waals surface area contributed by atoms with Crippen molar-refractivity contribution < 1.29 is 14.6 Å². The van der Waals surface area contributed by atoms with Gasteiger partial charge < -0.3 is 19.3 Å². The number of nitrogens with zero attached hydrogens (tertiary/aromatic N) is 2. The van der Waals surface area contributed by atoms with Crippen LogP contribution in [0, 0.1) is 6.92 Å². The van der Waals surface area contributed by atoms with E-state index in [0.29, 0.717) is 24.2 Å². The first-order chi connectivity index (χ1) is 11.9. The van der Waals surface area contributed by atoms with Crippen molar-refractivity contribution in [2.75, 3.05) is 31.2 Å². The van der Waals surface area contributed by atoms with Gasteiger partial charge in [0, 0.05) is 35.8 Å². The predicted octanol–water partition coefficient (Wildman–Crippen LogP) is 2.35. The van der Waals surface area contributed by atoms with Crippen molar-refractivity contribution in [2.24, 2.45) is 0 Å². The lowest BCUT2D eigenvalue weighted by Gasteiger charge is -2.32. The average molecular weight is 344 g/mol. The van der Waals surface area contributed by atoms with Gasteiger partial charge in [-0.05, 0) is 32.9 Å². The molecule has 1 fully saturated rings. The Morgan fingerprint density at radius 1 is 1.28 bits per heavy atom. The lowest BCUT2D eigenvalue weighted by molar-refractivity contribution is -0.136. The molecule has 1 aliphatic rings. The fourth-order valence-corrected chi connectivity index (χ4v) is 3.67. The summed E-state index contributed by atoms with van der Waals surface area (Å²) in [6, 6.07) is 5.81. The number of benzene rings is 1. The van der Waals surface area contributed by atoms with Crippen LogP contribution < -0.4 is 10.3 Å². The minimum absolute atomic E-state index is 0.109. The summed E-state index contributed by atoms with van der Waals surface area (Å²) in [5.74, 6) is -0.987. The highest BCUT2D eigenvalue weighted by Crippen LogP contribution is 2.30. The maximum Gasteiger partial charge on any atom is 0.308 e. The largest absolute Gasteiger partial charge is 0.481 e. The Morgan fingerprint density at radius 3 is 2.56 bits per heavy atom. The molecule has 6 heteroatoms. The molecule has 2 heterocycles. The van der Waals surface area contributed by atoms with Crippen molar-refractivity contribution in [2.45, 2.75) is 33.2 Å². The zero-order valence-electron chi connectivity index (χ0n) is 14.9. The molecule has 0 spiro atoms. The van der Waals surface area contributed by atoms with Crippen molar-refractivity contribution >= 4 is 22.6 Å². The van der Waals surface area contributed by atoms with E-state index >= 15 is 0 Å². The highest BCUT2D eigenvalue weighted by Gasteiger charge is 2.22. The molecule has 3 rings (SSSR count). The number of carboxylic acids is 1. The van der Waals surface area contributed by atoms with Crippen LogP contribution in [0.2, 0.25) is 0 Å². The molecule has 0 unspecified atom stereocenters. The molecule has 1 N–H and O–H groups in total. The molecule has 25 heavy (non-hydrogen) atoms. The lowest BCUT2D eigenvalue weighted by atomic mass is 10.0. The topological polar surface area (TPSA) is 71.8 Å². The minimum atomic E-state index is -0.987. The first-order valence-corrected chi connectivity index (χ1v) is 8.63. The molecule has 0 aliphatic carbocycles. The average Bonchev–Trinajstić information content (AvgIpc) is 2.58. The Labute approximate surface area is 146 Å². The number of anilines is 1.